The van der Waals surface area contributed by atoms with Gasteiger partial charge in [0.25, 0.3) is 0 Å². The molecule has 1 fully saturated rings. The number of hydrogen-bond acceptors (Lipinski definition) is 6. The van der Waals surface area contributed by atoms with Crippen molar-refractivity contribution >= 4 is 23.4 Å². The molecule has 1 aliphatic rings. The summed E-state index contributed by atoms with van der Waals surface area (Å²) in [5.74, 6) is 0.923. The lowest BCUT2D eigenvalue weighted by atomic mass is 10.2. The summed E-state index contributed by atoms with van der Waals surface area (Å²) in [6, 6.07) is 9.42. The van der Waals surface area contributed by atoms with E-state index < -0.39 is 0 Å². The lowest BCUT2D eigenvalue weighted by Crippen LogP contribution is -2.18. The van der Waals surface area contributed by atoms with Crippen LogP contribution in [0.15, 0.2) is 47.9 Å². The van der Waals surface area contributed by atoms with Gasteiger partial charge in [0, 0.05) is 25.5 Å². The topological polar surface area (TPSA) is 86.9 Å². The van der Waals surface area contributed by atoms with Crippen molar-refractivity contribution in [2.24, 2.45) is 7.05 Å². The van der Waals surface area contributed by atoms with Gasteiger partial charge < -0.3 is 10.1 Å². The van der Waals surface area contributed by atoms with Crippen molar-refractivity contribution in [1.29, 1.82) is 0 Å². The number of rotatable bonds is 7. The molecule has 0 radical (unpaired) electrons. The van der Waals surface area contributed by atoms with Crippen molar-refractivity contribution in [3.8, 4) is 11.4 Å². The van der Waals surface area contributed by atoms with E-state index >= 15 is 0 Å². The monoisotopic (exact) mass is 398 g/mol. The third-order valence-corrected chi connectivity index (χ3v) is 5.45. The Morgan fingerprint density at radius 2 is 2.18 bits per heavy atom. The van der Waals surface area contributed by atoms with Crippen molar-refractivity contribution in [3.05, 3.63) is 42.7 Å². The fourth-order valence-corrected chi connectivity index (χ4v) is 3.90. The Morgan fingerprint density at radius 3 is 2.89 bits per heavy atom. The van der Waals surface area contributed by atoms with Crippen molar-refractivity contribution in [1.82, 2.24) is 24.5 Å². The van der Waals surface area contributed by atoms with Gasteiger partial charge in [0.15, 0.2) is 11.0 Å². The molecule has 1 N–H and O–H groups in total. The van der Waals surface area contributed by atoms with E-state index in [-0.39, 0.29) is 17.8 Å². The van der Waals surface area contributed by atoms with Gasteiger partial charge in [0.05, 0.1) is 30.2 Å². The molecular formula is C19H22N6O2S. The maximum absolute atomic E-state index is 12.3. The van der Waals surface area contributed by atoms with Gasteiger partial charge in [0.2, 0.25) is 5.91 Å². The van der Waals surface area contributed by atoms with E-state index in [2.05, 4.69) is 20.6 Å². The molecule has 0 spiro atoms. The number of nitrogens with zero attached hydrogens (tertiary/aromatic N) is 5. The van der Waals surface area contributed by atoms with Crippen LogP contribution < -0.4 is 5.32 Å². The van der Waals surface area contributed by atoms with Crippen LogP contribution >= 0.6 is 11.8 Å². The van der Waals surface area contributed by atoms with E-state index in [1.54, 1.807) is 10.9 Å². The van der Waals surface area contributed by atoms with Crippen LogP contribution in [0, 0.1) is 0 Å². The first-order chi connectivity index (χ1) is 13.7. The number of benzene rings is 1. The minimum atomic E-state index is -0.0780. The number of anilines is 1. The van der Waals surface area contributed by atoms with E-state index in [4.69, 9.17) is 4.74 Å². The first-order valence-electron chi connectivity index (χ1n) is 9.20. The van der Waals surface area contributed by atoms with Crippen LogP contribution in [0.1, 0.15) is 12.8 Å². The van der Waals surface area contributed by atoms with Gasteiger partial charge in [-0.05, 0) is 25.0 Å². The molecule has 1 atom stereocenters. The van der Waals surface area contributed by atoms with Gasteiger partial charge >= 0.3 is 0 Å². The molecular weight excluding hydrogens is 376 g/mol. The number of ether oxygens (including phenoxy) is 1. The number of nitrogens with one attached hydrogen (secondary N) is 1. The Bertz CT molecular complexity index is 933. The average Bonchev–Trinajstić information content (AvgIpc) is 3.43. The van der Waals surface area contributed by atoms with Gasteiger partial charge in [0.1, 0.15) is 0 Å². The molecule has 8 nitrogen and oxygen atoms in total. The van der Waals surface area contributed by atoms with Gasteiger partial charge in [-0.2, -0.15) is 5.10 Å². The Morgan fingerprint density at radius 1 is 1.32 bits per heavy atom. The fraction of sp³-hybridized carbons (Fsp3) is 0.368. The molecule has 0 aliphatic carbocycles. The minimum Gasteiger partial charge on any atom is -0.376 e. The van der Waals surface area contributed by atoms with Gasteiger partial charge in [-0.15, -0.1) is 10.2 Å². The van der Waals surface area contributed by atoms with Crippen LogP contribution in [0.2, 0.25) is 0 Å². The minimum absolute atomic E-state index is 0.0780. The van der Waals surface area contributed by atoms with Gasteiger partial charge in [-0.3, -0.25) is 14.0 Å². The molecule has 146 valence electrons. The molecule has 28 heavy (non-hydrogen) atoms. The molecule has 9 heteroatoms. The van der Waals surface area contributed by atoms with Crippen LogP contribution in [-0.2, 0) is 23.1 Å². The Balaban J connectivity index is 1.49. The van der Waals surface area contributed by atoms with Crippen LogP contribution in [0.5, 0.6) is 0 Å². The van der Waals surface area contributed by atoms with E-state index in [0.717, 1.165) is 36.5 Å². The summed E-state index contributed by atoms with van der Waals surface area (Å²) < 4.78 is 9.57. The second kappa shape index (κ2) is 8.57. The predicted octanol–water partition coefficient (Wildman–Crippen LogP) is 2.59. The van der Waals surface area contributed by atoms with E-state index in [9.17, 15) is 4.79 Å². The molecule has 2 aromatic heterocycles. The normalized spacial score (nSPS) is 16.4. The first-order valence-corrected chi connectivity index (χ1v) is 10.2. The second-order valence-corrected chi connectivity index (χ2v) is 7.60. The molecule has 0 saturated carbocycles. The highest BCUT2D eigenvalue weighted by molar-refractivity contribution is 7.99. The highest BCUT2D eigenvalue weighted by atomic mass is 32.2. The zero-order chi connectivity index (χ0) is 19.3. The summed E-state index contributed by atoms with van der Waals surface area (Å²) >= 11 is 1.37. The molecule has 4 rings (SSSR count). The number of hydrogen-bond donors (Lipinski definition) is 1. The van der Waals surface area contributed by atoms with Crippen molar-refractivity contribution in [2.75, 3.05) is 17.7 Å². The molecule has 1 aliphatic heterocycles. The second-order valence-electron chi connectivity index (χ2n) is 6.66. The van der Waals surface area contributed by atoms with Crippen LogP contribution in [-0.4, -0.2) is 48.9 Å². The zero-order valence-corrected chi connectivity index (χ0v) is 16.4. The van der Waals surface area contributed by atoms with Gasteiger partial charge in [-0.25, -0.2) is 0 Å². The maximum atomic E-state index is 12.3. The van der Waals surface area contributed by atoms with Gasteiger partial charge in [-0.1, -0.05) is 30.0 Å². The fourth-order valence-electron chi connectivity index (χ4n) is 3.15. The standard InChI is InChI=1S/C19H22N6O2S/c1-24-11-14(10-20-24)18-22-23-19(25(18)12-16-8-5-9-27-16)28-13-17(26)21-15-6-3-2-4-7-15/h2-4,6-7,10-11,16H,5,8-9,12-13H2,1H3,(H,21,26)/t16-/m0/s1. The number of aromatic nitrogens is 5. The number of aryl methyl sites for hydroxylation is 1. The number of carbonyl (C=O) groups is 1. The highest BCUT2D eigenvalue weighted by Gasteiger charge is 2.22. The molecule has 3 heterocycles. The third-order valence-electron chi connectivity index (χ3n) is 4.48. The summed E-state index contributed by atoms with van der Waals surface area (Å²) in [7, 11) is 1.87. The summed E-state index contributed by atoms with van der Waals surface area (Å²) in [5.41, 5.74) is 1.68. The number of carbonyl (C=O) groups excluding carboxylic acids is 1. The lowest BCUT2D eigenvalue weighted by molar-refractivity contribution is -0.113. The smallest absolute Gasteiger partial charge is 0.234 e. The summed E-state index contributed by atoms with van der Waals surface area (Å²) in [6.07, 6.45) is 5.91. The predicted molar refractivity (Wildman–Crippen MR) is 107 cm³/mol. The number of para-hydroxylation sites is 1. The Hall–Kier alpha value is -2.65. The number of thioether (sulfide) groups is 1. The van der Waals surface area contributed by atoms with E-state index in [0.29, 0.717) is 11.7 Å². The molecule has 1 aromatic carbocycles. The SMILES string of the molecule is Cn1cc(-c2nnc(SCC(=O)Nc3ccccc3)n2C[C@@H]2CCCO2)cn1. The van der Waals surface area contributed by atoms with E-state index in [1.807, 2.05) is 48.1 Å². The molecule has 3 aromatic rings. The average molecular weight is 398 g/mol. The highest BCUT2D eigenvalue weighted by Crippen LogP contribution is 2.26. The summed E-state index contributed by atoms with van der Waals surface area (Å²) in [5, 5.41) is 16.5. The molecule has 1 saturated heterocycles. The third kappa shape index (κ3) is 4.42. The number of amides is 1. The Kier molecular flexibility index (Phi) is 5.73. The molecule has 0 unspecified atom stereocenters. The lowest BCUT2D eigenvalue weighted by Gasteiger charge is -2.14. The Labute approximate surface area is 167 Å². The maximum Gasteiger partial charge on any atom is 0.234 e. The zero-order valence-electron chi connectivity index (χ0n) is 15.6. The van der Waals surface area contributed by atoms with Crippen molar-refractivity contribution in [3.63, 3.8) is 0 Å². The van der Waals surface area contributed by atoms with Crippen molar-refractivity contribution in [2.45, 2.75) is 30.6 Å². The molecule has 0 bridgehead atoms. The molecule has 1 amide bonds. The largest absolute Gasteiger partial charge is 0.376 e. The summed E-state index contributed by atoms with van der Waals surface area (Å²) in [6.45, 7) is 1.46. The van der Waals surface area contributed by atoms with Crippen LogP contribution in [0.3, 0.4) is 0 Å². The van der Waals surface area contributed by atoms with Crippen LogP contribution in [0.25, 0.3) is 11.4 Å². The van der Waals surface area contributed by atoms with E-state index in [1.165, 1.54) is 11.8 Å². The van der Waals surface area contributed by atoms with Crippen molar-refractivity contribution < 1.29 is 9.53 Å². The van der Waals surface area contributed by atoms with Crippen LogP contribution in [0.4, 0.5) is 5.69 Å². The first kappa shape index (κ1) is 18.7. The summed E-state index contributed by atoms with van der Waals surface area (Å²) in [4.78, 5) is 12.3. The quantitative estimate of drug-likeness (QED) is 0.616.